The summed E-state index contributed by atoms with van der Waals surface area (Å²) in [4.78, 5) is 4.82. The molecule has 16 heavy (non-hydrogen) atoms. The largest absolute Gasteiger partial charge is 0.362 e. The molecule has 0 aromatic rings. The van der Waals surface area contributed by atoms with E-state index in [-0.39, 0.29) is 0 Å². The maximum atomic E-state index is 4.82. The first-order valence-corrected chi connectivity index (χ1v) is 7.75. The number of nitrogens with one attached hydrogen (secondary N) is 1. The third kappa shape index (κ3) is 2.73. The van der Waals surface area contributed by atoms with Gasteiger partial charge in [0, 0.05) is 18.3 Å². The molecule has 90 valence electrons. The molecule has 0 spiro atoms. The molecule has 0 amide bonds. The summed E-state index contributed by atoms with van der Waals surface area (Å²) in [6.07, 6.45) is 7.18. The number of amidine groups is 1. The molecule has 0 aromatic heterocycles. The zero-order valence-electron chi connectivity index (χ0n) is 10.1. The van der Waals surface area contributed by atoms with Gasteiger partial charge >= 0.3 is 0 Å². The van der Waals surface area contributed by atoms with Crippen LogP contribution < -0.4 is 5.32 Å². The van der Waals surface area contributed by atoms with E-state index in [0.29, 0.717) is 6.04 Å². The lowest BCUT2D eigenvalue weighted by Gasteiger charge is -2.22. The number of thioether (sulfide) groups is 1. The van der Waals surface area contributed by atoms with Crippen LogP contribution in [0.3, 0.4) is 0 Å². The number of rotatable bonds is 4. The summed E-state index contributed by atoms with van der Waals surface area (Å²) >= 11 is 1.91. The predicted octanol–water partition coefficient (Wildman–Crippen LogP) is 2.89. The first kappa shape index (κ1) is 10.9. The molecule has 0 bridgehead atoms. The van der Waals surface area contributed by atoms with E-state index in [1.54, 1.807) is 0 Å². The molecule has 1 saturated heterocycles. The van der Waals surface area contributed by atoms with Crippen molar-refractivity contribution in [3.05, 3.63) is 0 Å². The average Bonchev–Trinajstić information content (AvgIpc) is 3.13. The van der Waals surface area contributed by atoms with Gasteiger partial charge in [-0.05, 0) is 56.8 Å². The second-order valence-electron chi connectivity index (χ2n) is 5.67. The SMILES string of the molecule is CC1CCSC(=NCC(C2CC2)C2CC2)N1. The summed E-state index contributed by atoms with van der Waals surface area (Å²) in [6, 6.07) is 0.625. The molecule has 0 radical (unpaired) electrons. The van der Waals surface area contributed by atoms with E-state index in [9.17, 15) is 0 Å². The van der Waals surface area contributed by atoms with E-state index in [2.05, 4.69) is 12.2 Å². The third-order valence-corrected chi connectivity index (χ3v) is 5.02. The number of aliphatic imine (C=N–C) groups is 1. The van der Waals surface area contributed by atoms with Crippen LogP contribution in [0.5, 0.6) is 0 Å². The zero-order valence-corrected chi connectivity index (χ0v) is 10.9. The summed E-state index contributed by atoms with van der Waals surface area (Å²) in [5.41, 5.74) is 0. The maximum Gasteiger partial charge on any atom is 0.156 e. The van der Waals surface area contributed by atoms with Gasteiger partial charge in [-0.2, -0.15) is 0 Å². The van der Waals surface area contributed by atoms with E-state index < -0.39 is 0 Å². The van der Waals surface area contributed by atoms with Gasteiger partial charge in [0.05, 0.1) is 0 Å². The predicted molar refractivity (Wildman–Crippen MR) is 70.9 cm³/mol. The Morgan fingerprint density at radius 2 is 1.94 bits per heavy atom. The molecule has 2 saturated carbocycles. The standard InChI is InChI=1S/C13H22N2S/c1-9-6-7-16-13(15-9)14-8-12(10-2-3-10)11-4-5-11/h9-12H,2-8H2,1H3,(H,14,15). The topological polar surface area (TPSA) is 24.4 Å². The summed E-state index contributed by atoms with van der Waals surface area (Å²) in [5.74, 6) is 4.22. The van der Waals surface area contributed by atoms with Crippen LogP contribution in [0.4, 0.5) is 0 Å². The van der Waals surface area contributed by atoms with Gasteiger partial charge in [-0.15, -0.1) is 0 Å². The smallest absolute Gasteiger partial charge is 0.156 e. The minimum atomic E-state index is 0.625. The fourth-order valence-electron chi connectivity index (χ4n) is 2.67. The summed E-state index contributed by atoms with van der Waals surface area (Å²) in [6.45, 7) is 3.35. The Hall–Kier alpha value is -0.180. The van der Waals surface area contributed by atoms with Crippen molar-refractivity contribution in [3.8, 4) is 0 Å². The van der Waals surface area contributed by atoms with Crippen molar-refractivity contribution in [1.82, 2.24) is 5.32 Å². The first-order chi connectivity index (χ1) is 7.83. The van der Waals surface area contributed by atoms with Crippen LogP contribution in [0, 0.1) is 17.8 Å². The highest BCUT2D eigenvalue weighted by Crippen LogP contribution is 2.49. The van der Waals surface area contributed by atoms with Gasteiger partial charge in [0.25, 0.3) is 0 Å². The highest BCUT2D eigenvalue weighted by atomic mass is 32.2. The molecule has 1 N–H and O–H groups in total. The van der Waals surface area contributed by atoms with E-state index in [1.165, 1.54) is 43.0 Å². The van der Waals surface area contributed by atoms with E-state index >= 15 is 0 Å². The second-order valence-corrected chi connectivity index (χ2v) is 6.75. The lowest BCUT2D eigenvalue weighted by atomic mass is 9.98. The number of hydrogen-bond acceptors (Lipinski definition) is 2. The average molecular weight is 238 g/mol. The molecular formula is C13H22N2S. The quantitative estimate of drug-likeness (QED) is 0.814. The Bertz CT molecular complexity index is 270. The molecule has 3 heteroatoms. The fraction of sp³-hybridized carbons (Fsp3) is 0.923. The summed E-state index contributed by atoms with van der Waals surface area (Å²) in [7, 11) is 0. The van der Waals surface area contributed by atoms with Gasteiger partial charge in [-0.1, -0.05) is 11.8 Å². The van der Waals surface area contributed by atoms with Crippen LogP contribution in [0.1, 0.15) is 39.0 Å². The zero-order chi connectivity index (χ0) is 11.0. The Morgan fingerprint density at radius 3 is 2.50 bits per heavy atom. The van der Waals surface area contributed by atoms with Crippen molar-refractivity contribution in [2.45, 2.75) is 45.1 Å². The van der Waals surface area contributed by atoms with Gasteiger partial charge in [-0.3, -0.25) is 4.99 Å². The molecule has 3 fully saturated rings. The van der Waals surface area contributed by atoms with Crippen LogP contribution in [0.2, 0.25) is 0 Å². The van der Waals surface area contributed by atoms with Crippen molar-refractivity contribution in [2.24, 2.45) is 22.7 Å². The lowest BCUT2D eigenvalue weighted by Crippen LogP contribution is -2.35. The summed E-state index contributed by atoms with van der Waals surface area (Å²) in [5, 5.41) is 4.72. The van der Waals surface area contributed by atoms with E-state index in [4.69, 9.17) is 4.99 Å². The highest BCUT2D eigenvalue weighted by Gasteiger charge is 2.41. The molecule has 3 aliphatic rings. The van der Waals surface area contributed by atoms with Crippen molar-refractivity contribution < 1.29 is 0 Å². The molecule has 2 nitrogen and oxygen atoms in total. The van der Waals surface area contributed by atoms with Crippen LogP contribution in [-0.4, -0.2) is 23.5 Å². The van der Waals surface area contributed by atoms with Crippen LogP contribution in [0.15, 0.2) is 4.99 Å². The Labute approximate surface area is 103 Å². The number of nitrogens with zero attached hydrogens (tertiary/aromatic N) is 1. The Balaban J connectivity index is 1.54. The van der Waals surface area contributed by atoms with Crippen LogP contribution >= 0.6 is 11.8 Å². The van der Waals surface area contributed by atoms with Gasteiger partial charge in [0.1, 0.15) is 0 Å². The molecular weight excluding hydrogens is 216 g/mol. The Kier molecular flexibility index (Phi) is 3.14. The third-order valence-electron chi connectivity index (χ3n) is 4.06. The van der Waals surface area contributed by atoms with Crippen molar-refractivity contribution in [1.29, 1.82) is 0 Å². The lowest BCUT2D eigenvalue weighted by molar-refractivity contribution is 0.417. The van der Waals surface area contributed by atoms with Crippen molar-refractivity contribution in [3.63, 3.8) is 0 Å². The van der Waals surface area contributed by atoms with Crippen LogP contribution in [0.25, 0.3) is 0 Å². The van der Waals surface area contributed by atoms with Gasteiger partial charge in [0.2, 0.25) is 0 Å². The second kappa shape index (κ2) is 4.59. The minimum Gasteiger partial charge on any atom is -0.362 e. The normalized spacial score (nSPS) is 33.1. The number of hydrogen-bond donors (Lipinski definition) is 1. The molecule has 0 aromatic carbocycles. The van der Waals surface area contributed by atoms with Gasteiger partial charge < -0.3 is 5.32 Å². The molecule has 1 aliphatic heterocycles. The van der Waals surface area contributed by atoms with Crippen molar-refractivity contribution >= 4 is 16.9 Å². The van der Waals surface area contributed by atoms with Crippen LogP contribution in [-0.2, 0) is 0 Å². The van der Waals surface area contributed by atoms with E-state index in [1.807, 2.05) is 11.8 Å². The molecule has 1 atom stereocenters. The minimum absolute atomic E-state index is 0.625. The summed E-state index contributed by atoms with van der Waals surface area (Å²) < 4.78 is 0. The Morgan fingerprint density at radius 1 is 1.25 bits per heavy atom. The monoisotopic (exact) mass is 238 g/mol. The van der Waals surface area contributed by atoms with Gasteiger partial charge in [0.15, 0.2) is 5.17 Å². The van der Waals surface area contributed by atoms with Crippen molar-refractivity contribution in [2.75, 3.05) is 12.3 Å². The molecule has 1 heterocycles. The molecule has 1 unspecified atom stereocenters. The highest BCUT2D eigenvalue weighted by molar-refractivity contribution is 8.13. The molecule has 3 rings (SSSR count). The fourth-order valence-corrected chi connectivity index (χ4v) is 3.78. The molecule has 2 aliphatic carbocycles. The van der Waals surface area contributed by atoms with Gasteiger partial charge in [-0.25, -0.2) is 0 Å². The van der Waals surface area contributed by atoms with E-state index in [0.717, 1.165) is 24.3 Å². The maximum absolute atomic E-state index is 4.82. The first-order valence-electron chi connectivity index (χ1n) is 6.76.